The molecule has 0 bridgehead atoms. The van der Waals surface area contributed by atoms with E-state index in [0.717, 1.165) is 4.47 Å². The van der Waals surface area contributed by atoms with Crippen LogP contribution in [-0.4, -0.2) is 36.0 Å². The van der Waals surface area contributed by atoms with Gasteiger partial charge in [0.1, 0.15) is 6.07 Å². The molecule has 1 aliphatic rings. The van der Waals surface area contributed by atoms with Crippen LogP contribution in [0.4, 0.5) is 0 Å². The molecule has 1 aliphatic heterocycles. The van der Waals surface area contributed by atoms with Crippen molar-refractivity contribution < 1.29 is 14.3 Å². The summed E-state index contributed by atoms with van der Waals surface area (Å²) in [5.41, 5.74) is 0.641. The zero-order valence-electron chi connectivity index (χ0n) is 12.3. The molecule has 1 aromatic rings. The van der Waals surface area contributed by atoms with E-state index in [1.165, 1.54) is 0 Å². The highest BCUT2D eigenvalue weighted by atomic mass is 79.9. The zero-order chi connectivity index (χ0) is 16.1. The van der Waals surface area contributed by atoms with Crippen molar-refractivity contribution in [3.05, 3.63) is 34.3 Å². The van der Waals surface area contributed by atoms with Crippen molar-refractivity contribution in [1.29, 1.82) is 5.26 Å². The van der Waals surface area contributed by atoms with Crippen LogP contribution in [-0.2, 0) is 9.53 Å². The third kappa shape index (κ3) is 4.08. The van der Waals surface area contributed by atoms with E-state index in [1.54, 1.807) is 24.0 Å². The number of benzene rings is 1. The maximum Gasteiger partial charge on any atom is 0.310 e. The third-order valence-electron chi connectivity index (χ3n) is 3.68. The van der Waals surface area contributed by atoms with Gasteiger partial charge in [0, 0.05) is 23.1 Å². The van der Waals surface area contributed by atoms with E-state index in [4.69, 9.17) is 10.00 Å². The molecule has 1 fully saturated rings. The van der Waals surface area contributed by atoms with Crippen molar-refractivity contribution in [1.82, 2.24) is 4.90 Å². The highest BCUT2D eigenvalue weighted by Crippen LogP contribution is 2.21. The van der Waals surface area contributed by atoms with E-state index >= 15 is 0 Å². The van der Waals surface area contributed by atoms with E-state index in [-0.39, 0.29) is 17.8 Å². The van der Waals surface area contributed by atoms with Gasteiger partial charge < -0.3 is 9.64 Å². The van der Waals surface area contributed by atoms with Crippen molar-refractivity contribution in [3.63, 3.8) is 0 Å². The molecule has 0 saturated carbocycles. The first-order chi connectivity index (χ1) is 10.5. The second-order valence-electron chi connectivity index (χ2n) is 5.28. The van der Waals surface area contributed by atoms with E-state index < -0.39 is 6.10 Å². The van der Waals surface area contributed by atoms with Crippen LogP contribution in [0.25, 0.3) is 0 Å². The maximum atomic E-state index is 12.4. The second kappa shape index (κ2) is 7.41. The highest BCUT2D eigenvalue weighted by Gasteiger charge is 2.29. The summed E-state index contributed by atoms with van der Waals surface area (Å²) >= 11 is 3.34. The van der Waals surface area contributed by atoms with E-state index in [0.29, 0.717) is 31.5 Å². The van der Waals surface area contributed by atoms with Crippen LogP contribution in [0.5, 0.6) is 0 Å². The van der Waals surface area contributed by atoms with Crippen LogP contribution >= 0.6 is 15.9 Å². The lowest BCUT2D eigenvalue weighted by atomic mass is 9.96. The number of hydrogen-bond acceptors (Lipinski definition) is 4. The van der Waals surface area contributed by atoms with Gasteiger partial charge >= 0.3 is 5.97 Å². The monoisotopic (exact) mass is 364 g/mol. The number of halogens is 1. The first kappa shape index (κ1) is 16.5. The number of nitrogens with zero attached hydrogens (tertiary/aromatic N) is 2. The molecule has 0 aliphatic carbocycles. The minimum absolute atomic E-state index is 0.0234. The average molecular weight is 365 g/mol. The predicted octanol–water partition coefficient (Wildman–Crippen LogP) is 2.76. The molecule has 22 heavy (non-hydrogen) atoms. The molecule has 2 rings (SSSR count). The largest absolute Gasteiger partial charge is 0.447 e. The van der Waals surface area contributed by atoms with Gasteiger partial charge in [0.05, 0.1) is 5.92 Å². The number of carbonyl (C=O) groups excluding carboxylic acids is 2. The molecule has 116 valence electrons. The van der Waals surface area contributed by atoms with Crippen LogP contribution in [0, 0.1) is 17.2 Å². The van der Waals surface area contributed by atoms with Crippen LogP contribution in [0.1, 0.15) is 30.1 Å². The summed E-state index contributed by atoms with van der Waals surface area (Å²) in [6, 6.07) is 9.10. The summed E-state index contributed by atoms with van der Waals surface area (Å²) in [5, 5.41) is 8.66. The van der Waals surface area contributed by atoms with E-state index in [1.807, 2.05) is 18.2 Å². The lowest BCUT2D eigenvalue weighted by Gasteiger charge is -2.31. The molecular weight excluding hydrogens is 348 g/mol. The normalized spacial score (nSPS) is 16.7. The molecule has 0 radical (unpaired) electrons. The Morgan fingerprint density at radius 2 is 1.91 bits per heavy atom. The molecule has 1 aromatic carbocycles. The molecule has 5 nitrogen and oxygen atoms in total. The van der Waals surface area contributed by atoms with Gasteiger partial charge in [-0.25, -0.2) is 0 Å². The Hall–Kier alpha value is -1.87. The molecular formula is C16H17BrN2O3. The van der Waals surface area contributed by atoms with Gasteiger partial charge in [-0.1, -0.05) is 15.9 Å². The van der Waals surface area contributed by atoms with Gasteiger partial charge in [0.15, 0.2) is 6.10 Å². The lowest BCUT2D eigenvalue weighted by Crippen LogP contribution is -2.41. The zero-order valence-corrected chi connectivity index (χ0v) is 13.9. The smallest absolute Gasteiger partial charge is 0.310 e. The number of piperidine rings is 1. The third-order valence-corrected chi connectivity index (χ3v) is 4.21. The fourth-order valence-electron chi connectivity index (χ4n) is 2.39. The topological polar surface area (TPSA) is 70.4 Å². The van der Waals surface area contributed by atoms with Crippen LogP contribution in [0.3, 0.4) is 0 Å². The van der Waals surface area contributed by atoms with Gasteiger partial charge in [-0.15, -0.1) is 0 Å². The van der Waals surface area contributed by atoms with Crippen molar-refractivity contribution in [2.75, 3.05) is 13.1 Å². The van der Waals surface area contributed by atoms with Crippen LogP contribution < -0.4 is 0 Å². The summed E-state index contributed by atoms with van der Waals surface area (Å²) in [5.74, 6) is -0.598. The maximum absolute atomic E-state index is 12.4. The fraction of sp³-hybridized carbons (Fsp3) is 0.438. The highest BCUT2D eigenvalue weighted by molar-refractivity contribution is 9.10. The minimum atomic E-state index is -0.727. The standard InChI is InChI=1S/C16H17BrN2O3/c1-11(10-18)22-16(21)13-6-8-19(9-7-13)15(20)12-2-4-14(17)5-3-12/h2-5,11,13H,6-9H2,1H3/t11-/m1/s1. The van der Waals surface area contributed by atoms with E-state index in [2.05, 4.69) is 15.9 Å². The van der Waals surface area contributed by atoms with Gasteiger partial charge in [-0.05, 0) is 44.0 Å². The summed E-state index contributed by atoms with van der Waals surface area (Å²) in [4.78, 5) is 26.0. The Labute approximate surface area is 138 Å². The number of ether oxygens (including phenoxy) is 1. The molecule has 1 atom stereocenters. The summed E-state index contributed by atoms with van der Waals surface area (Å²) in [6.07, 6.45) is 0.410. The molecule has 1 amide bonds. The molecule has 0 unspecified atom stereocenters. The Kier molecular flexibility index (Phi) is 5.56. The van der Waals surface area contributed by atoms with Crippen molar-refractivity contribution in [3.8, 4) is 6.07 Å². The van der Waals surface area contributed by atoms with Crippen molar-refractivity contribution >= 4 is 27.8 Å². The summed E-state index contributed by atoms with van der Waals surface area (Å²) in [7, 11) is 0. The number of amides is 1. The molecule has 6 heteroatoms. The average Bonchev–Trinajstić information content (AvgIpc) is 2.55. The Bertz CT molecular complexity index is 586. The van der Waals surface area contributed by atoms with Gasteiger partial charge in [0.25, 0.3) is 5.91 Å². The second-order valence-corrected chi connectivity index (χ2v) is 6.20. The number of likely N-dealkylation sites (tertiary alicyclic amines) is 1. The van der Waals surface area contributed by atoms with Gasteiger partial charge in [0.2, 0.25) is 0 Å². The number of hydrogen-bond donors (Lipinski definition) is 0. The Balaban J connectivity index is 1.89. The minimum Gasteiger partial charge on any atom is -0.447 e. The van der Waals surface area contributed by atoms with Crippen LogP contribution in [0.2, 0.25) is 0 Å². The molecule has 0 aromatic heterocycles. The Morgan fingerprint density at radius 1 is 1.32 bits per heavy atom. The SMILES string of the molecule is C[C@H](C#N)OC(=O)C1CCN(C(=O)c2ccc(Br)cc2)CC1. The first-order valence-corrected chi connectivity index (χ1v) is 7.95. The predicted molar refractivity (Wildman–Crippen MR) is 83.9 cm³/mol. The molecule has 1 saturated heterocycles. The van der Waals surface area contributed by atoms with E-state index in [9.17, 15) is 9.59 Å². The quantitative estimate of drug-likeness (QED) is 0.773. The lowest BCUT2D eigenvalue weighted by molar-refractivity contribution is -0.152. The van der Waals surface area contributed by atoms with Gasteiger partial charge in [-0.3, -0.25) is 9.59 Å². The number of rotatable bonds is 3. The summed E-state index contributed by atoms with van der Waals surface area (Å²) in [6.45, 7) is 2.59. The number of nitriles is 1. The van der Waals surface area contributed by atoms with Crippen LogP contribution in [0.15, 0.2) is 28.7 Å². The molecule has 0 N–H and O–H groups in total. The van der Waals surface area contributed by atoms with Gasteiger partial charge in [-0.2, -0.15) is 5.26 Å². The fourth-order valence-corrected chi connectivity index (χ4v) is 2.65. The first-order valence-electron chi connectivity index (χ1n) is 7.16. The summed E-state index contributed by atoms with van der Waals surface area (Å²) < 4.78 is 5.95. The van der Waals surface area contributed by atoms with Crippen molar-refractivity contribution in [2.24, 2.45) is 5.92 Å². The number of carbonyl (C=O) groups is 2. The van der Waals surface area contributed by atoms with Crippen molar-refractivity contribution in [2.45, 2.75) is 25.9 Å². The molecule has 1 heterocycles. The Morgan fingerprint density at radius 3 is 2.45 bits per heavy atom. The molecule has 0 spiro atoms. The number of esters is 1.